The molecular weight excluding hydrogens is 1040 g/mol. The number of unbranched alkanes of at least 4 members (excludes halogenated alkanes) is 24. The van der Waals surface area contributed by atoms with Crippen LogP contribution in [0, 0.1) is 0 Å². The molecule has 2 radical (unpaired) electrons. The molecule has 0 bridgehead atoms. The van der Waals surface area contributed by atoms with Crippen LogP contribution < -0.4 is 0 Å². The Morgan fingerprint density at radius 2 is 0.585 bits per heavy atom. The van der Waals surface area contributed by atoms with Gasteiger partial charge in [0.05, 0.1) is 9.79 Å². The first-order valence-electron chi connectivity index (χ1n) is 25.9. The van der Waals surface area contributed by atoms with Gasteiger partial charge < -0.3 is 9.11 Å². The maximum absolute atomic E-state index is 11.9. The van der Waals surface area contributed by atoms with E-state index in [-0.39, 0.29) is 37.1 Å². The van der Waals surface area contributed by atoms with Gasteiger partial charge in [-0.3, -0.25) is 0 Å². The van der Waals surface area contributed by atoms with Gasteiger partial charge >= 0.3 is 27.3 Å². The summed E-state index contributed by atoms with van der Waals surface area (Å²) in [5, 5.41) is 3.08. The minimum Gasteiger partial charge on any atom is -0.744 e. The molecule has 362 valence electrons. The van der Waals surface area contributed by atoms with E-state index < -0.39 is 20.2 Å². The van der Waals surface area contributed by atoms with Gasteiger partial charge in [-0.1, -0.05) is 218 Å². The van der Waals surface area contributed by atoms with Gasteiger partial charge in [-0.05, 0) is 119 Å². The zero-order valence-electron chi connectivity index (χ0n) is 41.2. The van der Waals surface area contributed by atoms with Crippen LogP contribution in [-0.2, 0) is 45.9 Å². The Bertz CT molecular complexity index is 1960. The summed E-state index contributed by atoms with van der Waals surface area (Å²) >= 11 is 0. The summed E-state index contributed by atoms with van der Waals surface area (Å²) in [7, 11) is -8.98. The largest absolute Gasteiger partial charge is 2.00 e. The van der Waals surface area contributed by atoms with E-state index in [2.05, 4.69) is 39.8 Å². The van der Waals surface area contributed by atoms with E-state index in [0.717, 1.165) is 84.4 Å². The second kappa shape index (κ2) is 34.4. The second-order valence-electron chi connectivity index (χ2n) is 18.6. The molecule has 0 saturated heterocycles. The molecule has 4 rings (SSSR count). The summed E-state index contributed by atoms with van der Waals surface area (Å²) in [6.45, 7) is 8.93. The van der Waals surface area contributed by atoms with Crippen molar-refractivity contribution < 1.29 is 25.9 Å². The number of aryl methyl sites for hydroxylation is 4. The van der Waals surface area contributed by atoms with Crippen LogP contribution in [0.5, 0.6) is 0 Å². The van der Waals surface area contributed by atoms with Crippen molar-refractivity contribution in [1.29, 1.82) is 0 Å². The van der Waals surface area contributed by atoms with Crippen molar-refractivity contribution in [3.05, 3.63) is 82.9 Å². The van der Waals surface area contributed by atoms with Crippen molar-refractivity contribution in [1.82, 2.24) is 0 Å². The number of benzene rings is 4. The summed E-state index contributed by atoms with van der Waals surface area (Å²) in [5.74, 6) is 0. The molecule has 0 N–H and O–H groups in total. The Labute approximate surface area is 418 Å². The fourth-order valence-corrected chi connectivity index (χ4v) is 10.5. The molecule has 0 aliphatic carbocycles. The van der Waals surface area contributed by atoms with Crippen LogP contribution in [0.2, 0.25) is 0 Å². The van der Waals surface area contributed by atoms with E-state index in [1.807, 2.05) is 36.4 Å². The third-order valence-corrected chi connectivity index (χ3v) is 14.8. The average molecular weight is 1130 g/mol. The fraction of sp³-hybridized carbons (Fsp3) is 0.643. The minimum atomic E-state index is -4.49. The molecule has 0 aliphatic heterocycles. The summed E-state index contributed by atoms with van der Waals surface area (Å²) in [6.07, 6.45) is 38.8. The molecule has 0 atom stereocenters. The molecular formula is C56H86O6PbS2. The SMILES string of the molecule is CCCCCCCCCc1ccc2c(CCCCCCCCC)ccc(S(=O)(=O)[O-])c2c1.CCCCCCCCCc1ccc2c(CCCCCCCCC)ccc(S(=O)(=O)[O-])c2c1.[Pb+2]. The van der Waals surface area contributed by atoms with Crippen molar-refractivity contribution in [2.45, 2.75) is 243 Å². The summed E-state index contributed by atoms with van der Waals surface area (Å²) < 4.78 is 71.3. The first kappa shape index (κ1) is 59.3. The van der Waals surface area contributed by atoms with Crippen LogP contribution in [0.25, 0.3) is 21.5 Å². The van der Waals surface area contributed by atoms with E-state index >= 15 is 0 Å². The zero-order valence-corrected chi connectivity index (χ0v) is 46.7. The molecule has 0 aliphatic rings. The van der Waals surface area contributed by atoms with Crippen molar-refractivity contribution in [3.8, 4) is 0 Å². The number of hydrogen-bond acceptors (Lipinski definition) is 6. The van der Waals surface area contributed by atoms with Gasteiger partial charge in [0, 0.05) is 0 Å². The van der Waals surface area contributed by atoms with E-state index in [1.165, 1.54) is 166 Å². The van der Waals surface area contributed by atoms with E-state index in [9.17, 15) is 25.9 Å². The number of rotatable bonds is 34. The first-order chi connectivity index (χ1) is 30.9. The van der Waals surface area contributed by atoms with Crippen LogP contribution in [0.3, 0.4) is 0 Å². The van der Waals surface area contributed by atoms with Gasteiger partial charge in [-0.15, -0.1) is 0 Å². The van der Waals surface area contributed by atoms with Crippen LogP contribution in [0.4, 0.5) is 0 Å². The molecule has 0 amide bonds. The molecule has 4 aromatic carbocycles. The van der Waals surface area contributed by atoms with Crippen molar-refractivity contribution >= 4 is 69.1 Å². The van der Waals surface area contributed by atoms with Crippen molar-refractivity contribution in [3.63, 3.8) is 0 Å². The quantitative estimate of drug-likeness (QED) is 0.0261. The standard InChI is InChI=1S/2C28H44O3S.Pb/c2*1-3-5-7-9-11-13-15-17-24-19-21-26-25(18-16-14-12-10-8-6-4-2)20-22-28(27(26)23-24)32(29,30)31;/h2*19-23H,3-18H2,1-2H3,(H,29,30,31);/q;;+2/p-2. The molecule has 0 fully saturated rings. The Morgan fingerprint density at radius 3 is 0.862 bits per heavy atom. The molecule has 0 heterocycles. The zero-order chi connectivity index (χ0) is 46.5. The Kier molecular flexibility index (Phi) is 31.4. The first-order valence-corrected chi connectivity index (χ1v) is 28.8. The molecule has 0 unspecified atom stereocenters. The number of hydrogen-bond donors (Lipinski definition) is 0. The minimum absolute atomic E-state index is 0. The monoisotopic (exact) mass is 1130 g/mol. The van der Waals surface area contributed by atoms with Crippen LogP contribution in [-0.4, -0.2) is 53.2 Å². The van der Waals surface area contributed by atoms with E-state index in [1.54, 1.807) is 0 Å². The molecule has 0 saturated carbocycles. The van der Waals surface area contributed by atoms with Crippen molar-refractivity contribution in [2.24, 2.45) is 0 Å². The fourth-order valence-electron chi connectivity index (χ4n) is 9.16. The Morgan fingerprint density at radius 1 is 0.323 bits per heavy atom. The smallest absolute Gasteiger partial charge is 0.744 e. The van der Waals surface area contributed by atoms with Gasteiger partial charge in [0.2, 0.25) is 0 Å². The van der Waals surface area contributed by atoms with Gasteiger partial charge in [0.15, 0.2) is 0 Å². The topological polar surface area (TPSA) is 114 Å². The summed E-state index contributed by atoms with van der Waals surface area (Å²) in [6, 6.07) is 19.0. The van der Waals surface area contributed by atoms with Gasteiger partial charge in [-0.25, -0.2) is 16.8 Å². The molecule has 0 spiro atoms. The third-order valence-electron chi connectivity index (χ3n) is 13.0. The van der Waals surface area contributed by atoms with Gasteiger partial charge in [0.1, 0.15) is 20.2 Å². The normalized spacial score (nSPS) is 11.8. The Hall–Kier alpha value is -1.86. The maximum atomic E-state index is 11.9. The van der Waals surface area contributed by atoms with Gasteiger partial charge in [-0.2, -0.15) is 0 Å². The number of fused-ring (bicyclic) bond motifs is 2. The predicted octanol–water partition coefficient (Wildman–Crippen LogP) is 16.3. The van der Waals surface area contributed by atoms with Gasteiger partial charge in [0.25, 0.3) is 0 Å². The van der Waals surface area contributed by atoms with E-state index in [0.29, 0.717) is 10.8 Å². The molecule has 6 nitrogen and oxygen atoms in total. The predicted molar refractivity (Wildman–Crippen MR) is 276 cm³/mol. The van der Waals surface area contributed by atoms with Crippen LogP contribution in [0.15, 0.2) is 70.5 Å². The molecule has 4 aromatic rings. The molecule has 9 heteroatoms. The second-order valence-corrected chi connectivity index (χ2v) is 21.3. The van der Waals surface area contributed by atoms with Crippen molar-refractivity contribution in [2.75, 3.05) is 0 Å². The summed E-state index contributed by atoms with van der Waals surface area (Å²) in [5.41, 5.74) is 4.57. The maximum Gasteiger partial charge on any atom is 2.00 e. The molecule has 0 aromatic heterocycles. The third kappa shape index (κ3) is 23.3. The Balaban J connectivity index is 0.000000440. The molecule has 65 heavy (non-hydrogen) atoms. The summed E-state index contributed by atoms with van der Waals surface area (Å²) in [4.78, 5) is -0.144. The van der Waals surface area contributed by atoms with Crippen LogP contribution in [0.1, 0.15) is 230 Å². The average Bonchev–Trinajstić information content (AvgIpc) is 3.27. The van der Waals surface area contributed by atoms with Crippen LogP contribution >= 0.6 is 0 Å². The van der Waals surface area contributed by atoms with E-state index in [4.69, 9.17) is 0 Å².